The van der Waals surface area contributed by atoms with E-state index >= 15 is 0 Å². The number of aryl methyl sites for hydroxylation is 2. The molecule has 2 N–H and O–H groups in total. The molecule has 0 aliphatic carbocycles. The highest BCUT2D eigenvalue weighted by Gasteiger charge is 2.16. The number of para-hydroxylation sites is 1. The fourth-order valence-electron chi connectivity index (χ4n) is 1.89. The maximum atomic E-state index is 11.8. The second kappa shape index (κ2) is 7.56. The molecule has 0 radical (unpaired) electrons. The van der Waals surface area contributed by atoms with Crippen LogP contribution in [0.4, 0.5) is 5.69 Å². The van der Waals surface area contributed by atoms with Gasteiger partial charge in [0.2, 0.25) is 0 Å². The third-order valence-electron chi connectivity index (χ3n) is 2.98. The lowest BCUT2D eigenvalue weighted by Crippen LogP contribution is -2.36. The van der Waals surface area contributed by atoms with Gasteiger partial charge in [0.1, 0.15) is 0 Å². The fourth-order valence-corrected chi connectivity index (χ4v) is 1.89. The van der Waals surface area contributed by atoms with Crippen LogP contribution in [0.5, 0.6) is 0 Å². The third kappa shape index (κ3) is 4.09. The predicted molar refractivity (Wildman–Crippen MR) is 77.1 cm³/mol. The van der Waals surface area contributed by atoms with Crippen molar-refractivity contribution in [2.24, 2.45) is 0 Å². The second-order valence-electron chi connectivity index (χ2n) is 4.37. The van der Waals surface area contributed by atoms with Gasteiger partial charge >= 0.3 is 11.8 Å². The number of nitrogens with one attached hydrogen (secondary N) is 2. The molecule has 1 rings (SSSR count). The Hall–Kier alpha value is -1.84. The van der Waals surface area contributed by atoms with Crippen molar-refractivity contribution in [1.29, 1.82) is 0 Å². The van der Waals surface area contributed by atoms with E-state index in [0.29, 0.717) is 6.54 Å². The second-order valence-corrected chi connectivity index (χ2v) is 4.37. The molecular weight excluding hydrogens is 240 g/mol. The third-order valence-corrected chi connectivity index (χ3v) is 2.98. The normalized spacial score (nSPS) is 10.1. The van der Waals surface area contributed by atoms with E-state index in [4.69, 9.17) is 0 Å². The molecule has 4 nitrogen and oxygen atoms in total. The zero-order valence-electron chi connectivity index (χ0n) is 11.9. The Morgan fingerprint density at radius 1 is 1.00 bits per heavy atom. The zero-order chi connectivity index (χ0) is 14.3. The van der Waals surface area contributed by atoms with Gasteiger partial charge in [-0.15, -0.1) is 0 Å². The summed E-state index contributed by atoms with van der Waals surface area (Å²) in [6.07, 6.45) is 2.45. The van der Waals surface area contributed by atoms with Gasteiger partial charge in [-0.3, -0.25) is 9.59 Å². The topological polar surface area (TPSA) is 58.2 Å². The van der Waals surface area contributed by atoms with Crippen molar-refractivity contribution in [3.05, 3.63) is 29.3 Å². The number of benzene rings is 1. The standard InChI is InChI=1S/C15H22N2O2/c1-4-10-16-14(18)15(19)17-13-11(5-2)8-7-9-12(13)6-3/h7-9H,4-6,10H2,1-3H3,(H,16,18)(H,17,19). The van der Waals surface area contributed by atoms with Crippen molar-refractivity contribution in [3.8, 4) is 0 Å². The molecule has 0 saturated carbocycles. The van der Waals surface area contributed by atoms with Gasteiger partial charge in [-0.05, 0) is 30.4 Å². The van der Waals surface area contributed by atoms with Crippen LogP contribution >= 0.6 is 0 Å². The molecule has 0 unspecified atom stereocenters. The SMILES string of the molecule is CCCNC(=O)C(=O)Nc1c(CC)cccc1CC. The average Bonchev–Trinajstić information content (AvgIpc) is 2.44. The molecule has 4 heteroatoms. The van der Waals surface area contributed by atoms with E-state index in [1.54, 1.807) is 0 Å². The van der Waals surface area contributed by atoms with Crippen molar-refractivity contribution in [1.82, 2.24) is 5.32 Å². The maximum Gasteiger partial charge on any atom is 0.313 e. The number of amides is 2. The summed E-state index contributed by atoms with van der Waals surface area (Å²) >= 11 is 0. The van der Waals surface area contributed by atoms with Crippen LogP contribution in [0.25, 0.3) is 0 Å². The van der Waals surface area contributed by atoms with Crippen LogP contribution in [0.2, 0.25) is 0 Å². The summed E-state index contributed by atoms with van der Waals surface area (Å²) in [5.41, 5.74) is 2.89. The van der Waals surface area contributed by atoms with Gasteiger partial charge in [0.25, 0.3) is 0 Å². The maximum absolute atomic E-state index is 11.8. The molecular formula is C15H22N2O2. The largest absolute Gasteiger partial charge is 0.348 e. The summed E-state index contributed by atoms with van der Waals surface area (Å²) in [5.74, 6) is -1.17. The number of rotatable bonds is 5. The Kier molecular flexibility index (Phi) is 6.06. The highest BCUT2D eigenvalue weighted by Crippen LogP contribution is 2.22. The summed E-state index contributed by atoms with van der Waals surface area (Å²) in [5, 5.41) is 5.32. The average molecular weight is 262 g/mol. The molecule has 0 fully saturated rings. The molecule has 0 aromatic heterocycles. The molecule has 104 valence electrons. The molecule has 2 amide bonds. The Morgan fingerprint density at radius 2 is 1.58 bits per heavy atom. The van der Waals surface area contributed by atoms with Crippen molar-refractivity contribution >= 4 is 17.5 Å². The molecule has 0 aliphatic rings. The fraction of sp³-hybridized carbons (Fsp3) is 0.467. The van der Waals surface area contributed by atoms with Crippen LogP contribution in [0.15, 0.2) is 18.2 Å². The van der Waals surface area contributed by atoms with E-state index in [1.807, 2.05) is 39.0 Å². The summed E-state index contributed by atoms with van der Waals surface area (Å²) < 4.78 is 0. The van der Waals surface area contributed by atoms with Gasteiger partial charge in [0.15, 0.2) is 0 Å². The van der Waals surface area contributed by atoms with Crippen LogP contribution in [0.3, 0.4) is 0 Å². The number of anilines is 1. The number of hydrogen-bond donors (Lipinski definition) is 2. The monoisotopic (exact) mass is 262 g/mol. The van der Waals surface area contributed by atoms with Crippen LogP contribution in [-0.2, 0) is 22.4 Å². The van der Waals surface area contributed by atoms with E-state index in [9.17, 15) is 9.59 Å². The predicted octanol–water partition coefficient (Wildman–Crippen LogP) is 2.28. The lowest BCUT2D eigenvalue weighted by Gasteiger charge is -2.14. The van der Waals surface area contributed by atoms with Gasteiger partial charge < -0.3 is 10.6 Å². The van der Waals surface area contributed by atoms with Crippen molar-refractivity contribution in [2.75, 3.05) is 11.9 Å². The highest BCUT2D eigenvalue weighted by molar-refractivity contribution is 6.39. The summed E-state index contributed by atoms with van der Waals surface area (Å²) in [6.45, 7) is 6.52. The van der Waals surface area contributed by atoms with Gasteiger partial charge in [-0.25, -0.2) is 0 Å². The Labute approximate surface area is 114 Å². The van der Waals surface area contributed by atoms with Crippen molar-refractivity contribution < 1.29 is 9.59 Å². The van der Waals surface area contributed by atoms with E-state index in [1.165, 1.54) is 0 Å². The van der Waals surface area contributed by atoms with Crippen LogP contribution in [0, 0.1) is 0 Å². The Morgan fingerprint density at radius 3 is 2.05 bits per heavy atom. The summed E-state index contributed by atoms with van der Waals surface area (Å²) in [7, 11) is 0. The number of carbonyl (C=O) groups is 2. The molecule has 0 spiro atoms. The lowest BCUT2D eigenvalue weighted by atomic mass is 10.0. The highest BCUT2D eigenvalue weighted by atomic mass is 16.2. The first-order chi connectivity index (χ1) is 9.13. The first kappa shape index (κ1) is 15.2. The molecule has 1 aromatic rings. The Balaban J connectivity index is 2.86. The number of carbonyl (C=O) groups excluding carboxylic acids is 2. The molecule has 0 heterocycles. The van der Waals surface area contributed by atoms with Crippen LogP contribution < -0.4 is 10.6 Å². The van der Waals surface area contributed by atoms with Crippen molar-refractivity contribution in [3.63, 3.8) is 0 Å². The van der Waals surface area contributed by atoms with Crippen LogP contribution in [0.1, 0.15) is 38.3 Å². The van der Waals surface area contributed by atoms with E-state index < -0.39 is 11.8 Å². The quantitative estimate of drug-likeness (QED) is 0.800. The summed E-state index contributed by atoms with van der Waals surface area (Å²) in [6, 6.07) is 5.92. The minimum absolute atomic E-state index is 0.516. The van der Waals surface area contributed by atoms with Crippen LogP contribution in [-0.4, -0.2) is 18.4 Å². The molecule has 19 heavy (non-hydrogen) atoms. The van der Waals surface area contributed by atoms with E-state index in [2.05, 4.69) is 10.6 Å². The zero-order valence-corrected chi connectivity index (χ0v) is 11.9. The van der Waals surface area contributed by atoms with E-state index in [0.717, 1.165) is 36.1 Å². The molecule has 0 saturated heterocycles. The van der Waals surface area contributed by atoms with Gasteiger partial charge in [-0.2, -0.15) is 0 Å². The van der Waals surface area contributed by atoms with Crippen molar-refractivity contribution in [2.45, 2.75) is 40.0 Å². The molecule has 0 aliphatic heterocycles. The first-order valence-electron chi connectivity index (χ1n) is 6.83. The molecule has 1 aromatic carbocycles. The molecule has 0 atom stereocenters. The van der Waals surface area contributed by atoms with Gasteiger partial charge in [0.05, 0.1) is 0 Å². The summed E-state index contributed by atoms with van der Waals surface area (Å²) in [4.78, 5) is 23.4. The minimum Gasteiger partial charge on any atom is -0.348 e. The number of hydrogen-bond acceptors (Lipinski definition) is 2. The first-order valence-corrected chi connectivity index (χ1v) is 6.83. The van der Waals surface area contributed by atoms with Gasteiger partial charge in [-0.1, -0.05) is 39.0 Å². The van der Waals surface area contributed by atoms with E-state index in [-0.39, 0.29) is 0 Å². The lowest BCUT2D eigenvalue weighted by molar-refractivity contribution is -0.136. The molecule has 0 bridgehead atoms. The minimum atomic E-state index is -0.593. The Bertz CT molecular complexity index is 433. The smallest absolute Gasteiger partial charge is 0.313 e. The van der Waals surface area contributed by atoms with Gasteiger partial charge in [0, 0.05) is 12.2 Å².